The molecule has 35 heavy (non-hydrogen) atoms. The highest BCUT2D eigenvalue weighted by Crippen LogP contribution is 2.31. The lowest BCUT2D eigenvalue weighted by atomic mass is 9.96. The lowest BCUT2D eigenvalue weighted by Crippen LogP contribution is -2.40. The number of nitrogens with one attached hydrogen (secondary N) is 2. The number of allylic oxidation sites excluding steroid dienone is 1. The van der Waals surface area contributed by atoms with Crippen LogP contribution in [-0.2, 0) is 9.53 Å². The minimum absolute atomic E-state index is 0.0745. The Balaban J connectivity index is 1.96. The third kappa shape index (κ3) is 4.47. The summed E-state index contributed by atoms with van der Waals surface area (Å²) in [5, 5.41) is 10.0. The van der Waals surface area contributed by atoms with Gasteiger partial charge in [-0.15, -0.1) is 0 Å². The van der Waals surface area contributed by atoms with Gasteiger partial charge in [0.1, 0.15) is 11.3 Å². The van der Waals surface area contributed by atoms with Crippen LogP contribution in [0.3, 0.4) is 0 Å². The van der Waals surface area contributed by atoms with Gasteiger partial charge in [-0.25, -0.2) is 14.6 Å². The number of thiazole rings is 1. The number of benzene rings is 1. The van der Waals surface area contributed by atoms with E-state index in [2.05, 4.69) is 9.98 Å². The highest BCUT2D eigenvalue weighted by atomic mass is 32.1. The molecule has 1 atom stereocenters. The van der Waals surface area contributed by atoms with Gasteiger partial charge in [0.25, 0.3) is 11.1 Å². The van der Waals surface area contributed by atoms with E-state index in [1.165, 1.54) is 10.6 Å². The molecule has 3 aromatic rings. The van der Waals surface area contributed by atoms with Crippen LogP contribution in [0.1, 0.15) is 37.9 Å². The van der Waals surface area contributed by atoms with Gasteiger partial charge in [0.2, 0.25) is 5.88 Å². The van der Waals surface area contributed by atoms with E-state index in [9.17, 15) is 24.3 Å². The summed E-state index contributed by atoms with van der Waals surface area (Å²) in [5.41, 5.74) is -1.33. The number of carbonyl (C=O) groups excluding carboxylic acids is 1. The van der Waals surface area contributed by atoms with Crippen molar-refractivity contribution in [2.24, 2.45) is 4.99 Å². The summed E-state index contributed by atoms with van der Waals surface area (Å²) in [4.78, 5) is 58.8. The molecule has 0 radical (unpaired) electrons. The predicted octanol–water partition coefficient (Wildman–Crippen LogP) is 0.279. The first-order valence-corrected chi connectivity index (χ1v) is 11.5. The lowest BCUT2D eigenvalue weighted by Gasteiger charge is -2.24. The fraction of sp³-hybridized carbons (Fsp3) is 0.261. The average Bonchev–Trinajstić information content (AvgIpc) is 3.10. The van der Waals surface area contributed by atoms with E-state index in [-0.39, 0.29) is 22.3 Å². The number of hydrogen-bond donors (Lipinski definition) is 3. The van der Waals surface area contributed by atoms with Crippen molar-refractivity contribution in [2.75, 3.05) is 13.2 Å². The number of ether oxygens (including phenoxy) is 2. The zero-order valence-electron chi connectivity index (χ0n) is 19.1. The first-order chi connectivity index (χ1) is 16.7. The van der Waals surface area contributed by atoms with Crippen LogP contribution in [0.15, 0.2) is 54.9 Å². The molecule has 4 rings (SSSR count). The second-order valence-electron chi connectivity index (χ2n) is 7.47. The molecule has 0 bridgehead atoms. The Morgan fingerprint density at radius 2 is 1.89 bits per heavy atom. The van der Waals surface area contributed by atoms with Crippen LogP contribution < -0.4 is 30.9 Å². The molecule has 2 aromatic heterocycles. The summed E-state index contributed by atoms with van der Waals surface area (Å²) in [7, 11) is 0. The molecule has 0 spiro atoms. The first-order valence-electron chi connectivity index (χ1n) is 10.7. The molecule has 0 fully saturated rings. The molecule has 1 aromatic carbocycles. The van der Waals surface area contributed by atoms with Crippen LogP contribution in [0.5, 0.6) is 11.6 Å². The van der Waals surface area contributed by atoms with Gasteiger partial charge in [0, 0.05) is 0 Å². The van der Waals surface area contributed by atoms with Crippen LogP contribution in [-0.4, -0.2) is 38.8 Å². The Morgan fingerprint density at radius 3 is 2.51 bits per heavy atom. The third-order valence-electron chi connectivity index (χ3n) is 5.26. The standard InChI is InChI=1S/C23H22N4O7S/c1-4-33-13-8-6-12(7-9-13)17-16(21(31)34-5-2)11(3)24-23-27(17)20(30)15(35-23)10-14-18(28)25-22(32)26-19(14)29/h6-10,17H,4-5H2,1-3H3,(H3,25,26,28,29,32)/b15-10-. The summed E-state index contributed by atoms with van der Waals surface area (Å²) < 4.78 is 12.2. The topological polar surface area (TPSA) is 156 Å². The maximum atomic E-state index is 13.5. The van der Waals surface area contributed by atoms with Crippen molar-refractivity contribution in [3.8, 4) is 11.6 Å². The Hall–Kier alpha value is -4.19. The molecule has 182 valence electrons. The van der Waals surface area contributed by atoms with Crippen molar-refractivity contribution in [2.45, 2.75) is 26.8 Å². The molecule has 0 amide bonds. The minimum Gasteiger partial charge on any atom is -0.494 e. The van der Waals surface area contributed by atoms with Gasteiger partial charge in [0.05, 0.1) is 35.1 Å². The van der Waals surface area contributed by atoms with Crippen molar-refractivity contribution in [3.63, 3.8) is 0 Å². The highest BCUT2D eigenvalue weighted by molar-refractivity contribution is 7.07. The number of H-pyrrole nitrogens is 2. The molecule has 3 N–H and O–H groups in total. The third-order valence-corrected chi connectivity index (χ3v) is 6.24. The number of esters is 1. The average molecular weight is 499 g/mol. The zero-order chi connectivity index (χ0) is 25.3. The van der Waals surface area contributed by atoms with Gasteiger partial charge < -0.3 is 14.6 Å². The number of fused-ring (bicyclic) bond motifs is 1. The summed E-state index contributed by atoms with van der Waals surface area (Å²) >= 11 is 0.980. The summed E-state index contributed by atoms with van der Waals surface area (Å²) in [5.74, 6) is -0.637. The van der Waals surface area contributed by atoms with Gasteiger partial charge in [-0.05, 0) is 44.5 Å². The van der Waals surface area contributed by atoms with E-state index in [0.29, 0.717) is 28.4 Å². The molecule has 0 aliphatic carbocycles. The quantitative estimate of drug-likeness (QED) is 0.412. The normalized spacial score (nSPS) is 15.5. The smallest absolute Gasteiger partial charge is 0.338 e. The van der Waals surface area contributed by atoms with Crippen LogP contribution in [0.2, 0.25) is 0 Å². The monoisotopic (exact) mass is 498 g/mol. The highest BCUT2D eigenvalue weighted by Gasteiger charge is 2.33. The van der Waals surface area contributed by atoms with Gasteiger partial charge in [-0.3, -0.25) is 24.1 Å². The molecule has 1 aliphatic heterocycles. The number of rotatable bonds is 6. The zero-order valence-corrected chi connectivity index (χ0v) is 19.9. The summed E-state index contributed by atoms with van der Waals surface area (Å²) in [6, 6.07) is 6.15. The molecule has 0 saturated carbocycles. The summed E-state index contributed by atoms with van der Waals surface area (Å²) in [6.07, 6.45) is 1.17. The SMILES string of the molecule is CCOC(=O)C1=C(C)N=c2s/c(=C\c3c(O)[nH]c(=O)[nH]c3=O)c(=O)n2C1c1ccc(OCC)cc1. The van der Waals surface area contributed by atoms with E-state index in [1.807, 2.05) is 11.9 Å². The number of aromatic amines is 2. The molecule has 0 saturated heterocycles. The maximum absolute atomic E-state index is 13.5. The van der Waals surface area contributed by atoms with Crippen LogP contribution in [0, 0.1) is 0 Å². The number of aromatic hydroxyl groups is 1. The Labute approximate surface area is 201 Å². The van der Waals surface area contributed by atoms with E-state index in [4.69, 9.17) is 9.47 Å². The fourth-order valence-electron chi connectivity index (χ4n) is 3.77. The second kappa shape index (κ2) is 9.58. The van der Waals surface area contributed by atoms with Crippen molar-refractivity contribution < 1.29 is 19.4 Å². The summed E-state index contributed by atoms with van der Waals surface area (Å²) in [6.45, 7) is 5.83. The van der Waals surface area contributed by atoms with Crippen molar-refractivity contribution in [3.05, 3.63) is 87.2 Å². The minimum atomic E-state index is -0.878. The number of carbonyl (C=O) groups is 1. The molecule has 1 aliphatic rings. The largest absolute Gasteiger partial charge is 0.494 e. The second-order valence-corrected chi connectivity index (χ2v) is 8.48. The van der Waals surface area contributed by atoms with Crippen molar-refractivity contribution in [1.29, 1.82) is 0 Å². The van der Waals surface area contributed by atoms with Crippen LogP contribution in [0.4, 0.5) is 0 Å². The first kappa shape index (κ1) is 24.0. The van der Waals surface area contributed by atoms with Gasteiger partial charge >= 0.3 is 11.7 Å². The molecular formula is C23H22N4O7S. The predicted molar refractivity (Wildman–Crippen MR) is 127 cm³/mol. The molecule has 12 heteroatoms. The number of nitrogens with zero attached hydrogens (tertiary/aromatic N) is 2. The fourth-order valence-corrected chi connectivity index (χ4v) is 4.80. The van der Waals surface area contributed by atoms with E-state index in [1.54, 1.807) is 38.1 Å². The molecular weight excluding hydrogens is 476 g/mol. The van der Waals surface area contributed by atoms with Crippen molar-refractivity contribution >= 4 is 23.4 Å². The van der Waals surface area contributed by atoms with Crippen LogP contribution >= 0.6 is 11.3 Å². The van der Waals surface area contributed by atoms with E-state index in [0.717, 1.165) is 11.3 Å². The van der Waals surface area contributed by atoms with Crippen LogP contribution in [0.25, 0.3) is 6.08 Å². The van der Waals surface area contributed by atoms with Gasteiger partial charge in [-0.1, -0.05) is 23.5 Å². The van der Waals surface area contributed by atoms with Gasteiger partial charge in [0.15, 0.2) is 4.80 Å². The Kier molecular flexibility index (Phi) is 6.56. The Bertz CT molecular complexity index is 1620. The van der Waals surface area contributed by atoms with E-state index >= 15 is 0 Å². The van der Waals surface area contributed by atoms with Gasteiger partial charge in [-0.2, -0.15) is 0 Å². The number of aromatic nitrogens is 3. The molecule has 3 heterocycles. The van der Waals surface area contributed by atoms with Crippen molar-refractivity contribution in [1.82, 2.24) is 14.5 Å². The number of hydrogen-bond acceptors (Lipinski definition) is 9. The molecule has 11 nitrogen and oxygen atoms in total. The maximum Gasteiger partial charge on any atom is 0.338 e. The lowest BCUT2D eigenvalue weighted by molar-refractivity contribution is -0.139. The molecule has 1 unspecified atom stereocenters. The van der Waals surface area contributed by atoms with E-state index < -0.39 is 34.7 Å². The Morgan fingerprint density at radius 1 is 1.17 bits per heavy atom.